The van der Waals surface area contributed by atoms with Gasteiger partial charge in [-0.1, -0.05) is 49.4 Å². The van der Waals surface area contributed by atoms with E-state index in [1.165, 1.54) is 46.0 Å². The summed E-state index contributed by atoms with van der Waals surface area (Å²) in [5.74, 6) is -0.744. The van der Waals surface area contributed by atoms with Crippen molar-refractivity contribution >= 4 is 48.3 Å². The van der Waals surface area contributed by atoms with Gasteiger partial charge in [0.15, 0.2) is 5.13 Å². The number of hydrogen-bond acceptors (Lipinski definition) is 6. The lowest BCUT2D eigenvalue weighted by Gasteiger charge is -2.25. The Kier molecular flexibility index (Phi) is 7.47. The van der Waals surface area contributed by atoms with E-state index in [4.69, 9.17) is 0 Å². The van der Waals surface area contributed by atoms with Gasteiger partial charge in [-0.25, -0.2) is 17.8 Å². The average Bonchev–Trinajstić information content (AvgIpc) is 3.57. The Morgan fingerprint density at radius 3 is 2.45 bits per heavy atom. The van der Waals surface area contributed by atoms with Gasteiger partial charge in [0.25, 0.3) is 15.9 Å². The number of carbonyl (C=O) groups excluding carboxylic acids is 1. The molecule has 1 aliphatic rings. The summed E-state index contributed by atoms with van der Waals surface area (Å²) in [4.78, 5) is 22.0. The Morgan fingerprint density at radius 2 is 1.74 bits per heavy atom. The minimum absolute atomic E-state index is 0.127. The molecule has 0 bridgehead atoms. The fourth-order valence-electron chi connectivity index (χ4n) is 4.69. The van der Waals surface area contributed by atoms with Crippen molar-refractivity contribution in [3.63, 3.8) is 0 Å². The zero-order valence-corrected chi connectivity index (χ0v) is 22.9. The number of nitrogens with zero attached hydrogens (tertiary/aromatic N) is 4. The van der Waals surface area contributed by atoms with Crippen molar-refractivity contribution in [2.75, 3.05) is 41.9 Å². The van der Waals surface area contributed by atoms with E-state index < -0.39 is 15.8 Å². The molecule has 38 heavy (non-hydrogen) atoms. The van der Waals surface area contributed by atoms with E-state index in [9.17, 15) is 17.6 Å². The second-order valence-corrected chi connectivity index (χ2v) is 11.9. The summed E-state index contributed by atoms with van der Waals surface area (Å²) >= 11 is 1.26. The molecule has 5 rings (SSSR count). The molecule has 0 aliphatic carbocycles. The van der Waals surface area contributed by atoms with Gasteiger partial charge in [-0.15, -0.1) is 0 Å². The van der Waals surface area contributed by atoms with Crippen LogP contribution in [-0.4, -0.2) is 56.9 Å². The first-order valence-corrected chi connectivity index (χ1v) is 14.9. The summed E-state index contributed by atoms with van der Waals surface area (Å²) < 4.78 is 43.2. The number of halogens is 1. The van der Waals surface area contributed by atoms with E-state index in [1.807, 2.05) is 24.3 Å². The fraction of sp³-hybridized carbons (Fsp3) is 0.286. The first kappa shape index (κ1) is 26.3. The third-order valence-corrected chi connectivity index (χ3v) is 9.77. The first-order valence-electron chi connectivity index (χ1n) is 12.6. The third kappa shape index (κ3) is 4.91. The summed E-state index contributed by atoms with van der Waals surface area (Å²) in [5.41, 5.74) is 2.27. The average molecular weight is 553 g/mol. The molecular formula is C28H29FN4O3S2. The quantitative estimate of drug-likeness (QED) is 0.286. The molecule has 0 spiro atoms. The highest BCUT2D eigenvalue weighted by atomic mass is 32.2. The van der Waals surface area contributed by atoms with Gasteiger partial charge in [-0.05, 0) is 67.5 Å². The molecule has 0 unspecified atom stereocenters. The lowest BCUT2D eigenvalue weighted by atomic mass is 10.2. The van der Waals surface area contributed by atoms with Crippen molar-refractivity contribution in [3.8, 4) is 0 Å². The molecule has 7 nitrogen and oxygen atoms in total. The smallest absolute Gasteiger partial charge is 0.264 e. The lowest BCUT2D eigenvalue weighted by molar-refractivity contribution is 0.0983. The number of para-hydroxylation sites is 2. The summed E-state index contributed by atoms with van der Waals surface area (Å²) in [6, 6.07) is 18.3. The highest BCUT2D eigenvalue weighted by Crippen LogP contribution is 2.34. The van der Waals surface area contributed by atoms with Gasteiger partial charge in [0.2, 0.25) is 0 Å². The number of anilines is 2. The molecule has 1 aliphatic heterocycles. The van der Waals surface area contributed by atoms with Crippen LogP contribution in [-0.2, 0) is 16.4 Å². The van der Waals surface area contributed by atoms with E-state index in [2.05, 4.69) is 23.7 Å². The number of carbonyl (C=O) groups is 1. The number of hydrogen-bond donors (Lipinski definition) is 0. The van der Waals surface area contributed by atoms with Gasteiger partial charge in [0, 0.05) is 25.2 Å². The summed E-state index contributed by atoms with van der Waals surface area (Å²) in [6.45, 7) is 7.15. The van der Waals surface area contributed by atoms with Crippen LogP contribution in [0.1, 0.15) is 29.8 Å². The molecule has 3 aromatic carbocycles. The molecule has 0 saturated heterocycles. The van der Waals surface area contributed by atoms with Crippen LogP contribution < -0.4 is 9.21 Å². The van der Waals surface area contributed by atoms with Crippen molar-refractivity contribution in [2.45, 2.75) is 25.2 Å². The predicted octanol–water partition coefficient (Wildman–Crippen LogP) is 5.18. The van der Waals surface area contributed by atoms with Gasteiger partial charge in [-0.2, -0.15) is 0 Å². The largest absolute Gasteiger partial charge is 0.302 e. The molecule has 1 amide bonds. The lowest BCUT2D eigenvalue weighted by Crippen LogP contribution is -2.39. The Labute approximate surface area is 226 Å². The maximum Gasteiger partial charge on any atom is 0.264 e. The molecule has 0 fully saturated rings. The third-order valence-electron chi connectivity index (χ3n) is 6.90. The molecule has 198 valence electrons. The number of sulfonamides is 1. The number of amides is 1. The zero-order valence-electron chi connectivity index (χ0n) is 21.3. The first-order chi connectivity index (χ1) is 18.3. The van der Waals surface area contributed by atoms with Crippen LogP contribution in [0, 0.1) is 5.82 Å². The van der Waals surface area contributed by atoms with E-state index >= 15 is 0 Å². The number of likely N-dealkylation sites (N-methyl/N-ethyl adjacent to an activating group) is 1. The molecule has 4 aromatic rings. The van der Waals surface area contributed by atoms with E-state index in [-0.39, 0.29) is 16.3 Å². The van der Waals surface area contributed by atoms with Crippen molar-refractivity contribution in [3.05, 3.63) is 83.7 Å². The number of rotatable bonds is 9. The number of benzene rings is 3. The maximum absolute atomic E-state index is 14.4. The number of thiazole rings is 1. The minimum atomic E-state index is -3.77. The molecular weight excluding hydrogens is 523 g/mol. The van der Waals surface area contributed by atoms with Gasteiger partial charge < -0.3 is 4.90 Å². The van der Waals surface area contributed by atoms with Crippen LogP contribution in [0.3, 0.4) is 0 Å². The highest BCUT2D eigenvalue weighted by molar-refractivity contribution is 7.92. The molecule has 1 aromatic heterocycles. The second kappa shape index (κ2) is 10.8. The van der Waals surface area contributed by atoms with Crippen LogP contribution in [0.15, 0.2) is 71.6 Å². The van der Waals surface area contributed by atoms with Crippen LogP contribution in [0.4, 0.5) is 15.2 Å². The fourth-order valence-corrected chi connectivity index (χ4v) is 7.20. The van der Waals surface area contributed by atoms with Gasteiger partial charge >= 0.3 is 0 Å². The van der Waals surface area contributed by atoms with Crippen molar-refractivity contribution < 1.29 is 17.6 Å². The van der Waals surface area contributed by atoms with Gasteiger partial charge in [-0.3, -0.25) is 14.0 Å². The monoisotopic (exact) mass is 552 g/mol. The maximum atomic E-state index is 14.4. The Morgan fingerprint density at radius 1 is 1.00 bits per heavy atom. The Balaban J connectivity index is 1.44. The van der Waals surface area contributed by atoms with Crippen LogP contribution in [0.2, 0.25) is 0 Å². The topological polar surface area (TPSA) is 73.8 Å². The summed E-state index contributed by atoms with van der Waals surface area (Å²) in [6.07, 6.45) is 0.663. The van der Waals surface area contributed by atoms with Crippen molar-refractivity contribution in [1.82, 2.24) is 9.88 Å². The standard InChI is InChI=1S/C28H29FN4O3S2/c1-3-31(4-2)18-19-32(28-30-26-23(29)9-7-11-25(26)37-28)27(34)21-12-14-22(15-13-21)38(35,36)33-17-16-20-8-5-6-10-24(20)33/h5-15H,3-4,16-19H2,1-2H3. The second-order valence-electron chi connectivity index (χ2n) is 9.05. The Bertz CT molecular complexity index is 1570. The SMILES string of the molecule is CCN(CC)CCN(C(=O)c1ccc(S(=O)(=O)N2CCc3ccccc32)cc1)c1nc2c(F)cccc2s1. The van der Waals surface area contributed by atoms with Crippen molar-refractivity contribution in [2.24, 2.45) is 0 Å². The van der Waals surface area contributed by atoms with E-state index in [1.54, 1.807) is 17.0 Å². The van der Waals surface area contributed by atoms with Crippen LogP contribution in [0.5, 0.6) is 0 Å². The normalized spacial score (nSPS) is 13.3. The summed E-state index contributed by atoms with van der Waals surface area (Å²) in [7, 11) is -3.77. The molecule has 0 radical (unpaired) electrons. The minimum Gasteiger partial charge on any atom is -0.302 e. The molecule has 10 heteroatoms. The van der Waals surface area contributed by atoms with Gasteiger partial charge in [0.05, 0.1) is 15.3 Å². The van der Waals surface area contributed by atoms with Crippen LogP contribution >= 0.6 is 11.3 Å². The van der Waals surface area contributed by atoms with Crippen molar-refractivity contribution in [1.29, 1.82) is 0 Å². The predicted molar refractivity (Wildman–Crippen MR) is 150 cm³/mol. The molecule has 2 heterocycles. The van der Waals surface area contributed by atoms with E-state index in [0.717, 1.165) is 18.7 Å². The molecule has 0 atom stereocenters. The Hall–Kier alpha value is -3.34. The van der Waals surface area contributed by atoms with E-state index in [0.29, 0.717) is 47.1 Å². The van der Waals surface area contributed by atoms with Gasteiger partial charge in [0.1, 0.15) is 11.3 Å². The molecule has 0 saturated carbocycles. The summed E-state index contributed by atoms with van der Waals surface area (Å²) in [5, 5.41) is 0.410. The highest BCUT2D eigenvalue weighted by Gasteiger charge is 2.31. The molecule has 0 N–H and O–H groups in total. The number of fused-ring (bicyclic) bond motifs is 2. The zero-order chi connectivity index (χ0) is 26.9. The number of aromatic nitrogens is 1. The van der Waals surface area contributed by atoms with Crippen LogP contribution in [0.25, 0.3) is 10.2 Å².